The van der Waals surface area contributed by atoms with Crippen LogP contribution >= 0.6 is 0 Å². The van der Waals surface area contributed by atoms with Crippen LogP contribution in [0.25, 0.3) is 5.32 Å². The monoisotopic (exact) mass is 1140 g/mol. The van der Waals surface area contributed by atoms with E-state index in [-0.39, 0.29) is 44.6 Å². The molecule has 24 heteroatoms. The molecule has 1 unspecified atom stereocenters. The van der Waals surface area contributed by atoms with Crippen LogP contribution in [0.3, 0.4) is 0 Å². The molecule has 3 nitrogen and oxygen atoms in total. The third-order valence-electron chi connectivity index (χ3n) is 9.53. The summed E-state index contributed by atoms with van der Waals surface area (Å²) in [6, 6.07) is 11.4. The quantitative estimate of drug-likeness (QED) is 0.0350. The first kappa shape index (κ1) is 54.3. The fourth-order valence-corrected chi connectivity index (χ4v) is 6.75. The van der Waals surface area contributed by atoms with Crippen molar-refractivity contribution in [1.82, 2.24) is 0 Å². The minimum atomic E-state index is -7.05. The van der Waals surface area contributed by atoms with Gasteiger partial charge in [0.2, 0.25) is 0 Å². The molecule has 0 aromatic heterocycles. The Balaban J connectivity index is 0.000000451. The molecule has 1 N–H and O–H groups in total. The smallest absolute Gasteiger partial charge is 0.200 e. The first-order chi connectivity index (χ1) is 30.2. The molecule has 5 aromatic carbocycles. The molecule has 355 valence electrons. The normalized spacial score (nSPS) is 13.5. The number of carbonyl (C=O) groups excluding carboxylic acids is 1. The number of carbonyl (C=O) groups is 1. The summed E-state index contributed by atoms with van der Waals surface area (Å²) in [6.07, 6.45) is 0.0248. The molecule has 1 aliphatic rings. The van der Waals surface area contributed by atoms with E-state index in [1.165, 1.54) is 25.5 Å². The van der Waals surface area contributed by atoms with Gasteiger partial charge in [-0.05, 0) is 27.7 Å². The average molecular weight is 1140 g/mol. The van der Waals surface area contributed by atoms with Gasteiger partial charge in [0.05, 0.1) is 5.76 Å². The van der Waals surface area contributed by atoms with E-state index >= 15 is 35.1 Å². The van der Waals surface area contributed by atoms with E-state index in [0.717, 1.165) is 5.56 Å². The fourth-order valence-electron chi connectivity index (χ4n) is 6.75. The van der Waals surface area contributed by atoms with E-state index in [4.69, 9.17) is 5.11 Å². The van der Waals surface area contributed by atoms with Crippen LogP contribution in [0.15, 0.2) is 60.0 Å². The SMILES string of the molecule is CC(=O)C=C(C)O.CC1=CC=C[N-]C1c1[c-]cccc1.Cc1c(F)c(F)c([B-](c2c(F)c(F)c(F)c(F)c2F)(c2c(F)c(F)c(F)c(F)c2F)c2c(F)c(F)c(F)c(F)c2F)c(F)c1F.[Ir]. The number of ketones is 1. The molecule has 0 amide bonds. The van der Waals surface area contributed by atoms with Crippen molar-refractivity contribution in [3.05, 3.63) is 193 Å². The maximum Gasteiger partial charge on any atom is 0.200 e. The van der Waals surface area contributed by atoms with Crippen LogP contribution in [0.1, 0.15) is 37.9 Å². The first-order valence-electron chi connectivity index (χ1n) is 17.6. The number of halogens is 19. The van der Waals surface area contributed by atoms with Gasteiger partial charge in [0.1, 0.15) is 52.7 Å². The van der Waals surface area contributed by atoms with Gasteiger partial charge in [0.25, 0.3) is 0 Å². The van der Waals surface area contributed by atoms with Crippen molar-refractivity contribution in [3.8, 4) is 0 Å². The summed E-state index contributed by atoms with van der Waals surface area (Å²) in [7, 11) is 0. The van der Waals surface area contributed by atoms with Crippen LogP contribution in [-0.4, -0.2) is 17.0 Å². The van der Waals surface area contributed by atoms with Crippen LogP contribution in [0.2, 0.25) is 0 Å². The molecule has 0 saturated heterocycles. The number of allylic oxidation sites excluding steroid dienone is 4. The van der Waals surface area contributed by atoms with E-state index in [2.05, 4.69) is 30.4 Å². The molecule has 66 heavy (non-hydrogen) atoms. The third kappa shape index (κ3) is 9.47. The van der Waals surface area contributed by atoms with E-state index < -0.39 is 144 Å². The molecule has 1 aliphatic heterocycles. The van der Waals surface area contributed by atoms with Gasteiger partial charge in [-0.15, -0.1) is 21.9 Å². The Labute approximate surface area is 373 Å². The molecule has 1 heterocycles. The van der Waals surface area contributed by atoms with Gasteiger partial charge in [0.15, 0.2) is 69.8 Å². The molecular weight excluding hydrogens is 1110 g/mol. The van der Waals surface area contributed by atoms with E-state index in [9.17, 15) is 53.1 Å². The average Bonchev–Trinajstić information content (AvgIpc) is 3.26. The van der Waals surface area contributed by atoms with Crippen molar-refractivity contribution in [3.63, 3.8) is 0 Å². The second-order valence-electron chi connectivity index (χ2n) is 13.6. The summed E-state index contributed by atoms with van der Waals surface area (Å²) in [4.78, 5) is 10.0. The molecule has 5 aromatic rings. The molecule has 0 spiro atoms. The summed E-state index contributed by atoms with van der Waals surface area (Å²) < 4.78 is 282. The van der Waals surface area contributed by atoms with Gasteiger partial charge in [-0.1, -0.05) is 23.8 Å². The largest absolute Gasteiger partial charge is 0.683 e. The van der Waals surface area contributed by atoms with Crippen molar-refractivity contribution in [2.75, 3.05) is 0 Å². The van der Waals surface area contributed by atoms with Crippen LogP contribution in [-0.2, 0) is 24.9 Å². The topological polar surface area (TPSA) is 51.4 Å². The maximum atomic E-state index is 15.6. The predicted molar refractivity (Wildman–Crippen MR) is 195 cm³/mol. The Morgan fingerprint density at radius 3 is 1.12 bits per heavy atom. The van der Waals surface area contributed by atoms with E-state index in [0.29, 0.717) is 0 Å². The number of hydrogen-bond acceptors (Lipinski definition) is 2. The fraction of sp³-hybridized carbons (Fsp3) is 0.119. The van der Waals surface area contributed by atoms with Crippen LogP contribution in [0.4, 0.5) is 83.4 Å². The van der Waals surface area contributed by atoms with Crippen molar-refractivity contribution in [2.45, 2.75) is 33.7 Å². The predicted octanol–water partition coefficient (Wildman–Crippen LogP) is 10.4. The second kappa shape index (κ2) is 21.1. The Kier molecular flexibility index (Phi) is 17.3. The maximum absolute atomic E-state index is 15.6. The number of aliphatic hydroxyl groups excluding tert-OH is 1. The Bertz CT molecular complexity index is 2430. The Hall–Kier alpha value is -6.03. The van der Waals surface area contributed by atoms with Crippen LogP contribution < -0.4 is 21.9 Å². The van der Waals surface area contributed by atoms with Crippen molar-refractivity contribution in [1.29, 1.82) is 0 Å². The first-order valence-corrected chi connectivity index (χ1v) is 17.6. The van der Waals surface area contributed by atoms with Crippen LogP contribution in [0, 0.1) is 124 Å². The van der Waals surface area contributed by atoms with Gasteiger partial charge < -0.3 is 10.4 Å². The third-order valence-corrected chi connectivity index (χ3v) is 9.53. The molecule has 0 aliphatic carbocycles. The minimum Gasteiger partial charge on any atom is -0.683 e. The number of nitrogens with zero attached hydrogens (tertiary/aromatic N) is 1. The number of rotatable bonds is 6. The zero-order chi connectivity index (χ0) is 49.3. The number of hydrogen-bond donors (Lipinski definition) is 1. The summed E-state index contributed by atoms with van der Waals surface area (Å²) in [6.45, 7) is 5.09. The van der Waals surface area contributed by atoms with Crippen molar-refractivity contribution in [2.24, 2.45) is 0 Å². The second-order valence-corrected chi connectivity index (χ2v) is 13.6. The molecule has 0 saturated carbocycles. The van der Waals surface area contributed by atoms with Crippen molar-refractivity contribution >= 4 is 33.8 Å². The zero-order valence-corrected chi connectivity index (χ0v) is 35.5. The Morgan fingerprint density at radius 2 is 0.864 bits per heavy atom. The minimum absolute atomic E-state index is 0. The number of aliphatic hydroxyl groups is 1. The zero-order valence-electron chi connectivity index (χ0n) is 33.1. The number of benzene rings is 5. The Morgan fingerprint density at radius 1 is 0.545 bits per heavy atom. The summed E-state index contributed by atoms with van der Waals surface area (Å²) in [5, 5.41) is 12.8. The van der Waals surface area contributed by atoms with Gasteiger partial charge in [0, 0.05) is 31.7 Å². The molecule has 0 fully saturated rings. The van der Waals surface area contributed by atoms with E-state index in [1.54, 1.807) is 0 Å². The van der Waals surface area contributed by atoms with Crippen LogP contribution in [0.5, 0.6) is 0 Å². The van der Waals surface area contributed by atoms with Gasteiger partial charge >= 0.3 is 0 Å². The van der Waals surface area contributed by atoms with E-state index in [1.807, 2.05) is 30.5 Å². The standard InChI is InChI=1S/C25H3BF19.C12H11N.C5H8O2.Ir/c1-2-7(27)9(29)3(10(30)8(2)28)26(4-11(31)17(37)23(43)18(38)12(4)32,5-13(33)19(39)24(44)20(40)14(5)34)6-15(35)21(41)25(45)22(42)16(6)36;1-10-6-5-9-13-12(10)11-7-3-2-4-8-11;1-4(6)3-5(2)7;/h1H3;2-7,9,12H,1H3;3,6H,1-2H3;/q-1;-2;;. The molecule has 6 rings (SSSR count). The summed E-state index contributed by atoms with van der Waals surface area (Å²) >= 11 is 0. The molecule has 1 radical (unpaired) electrons. The molecular formula is C42H22BF19IrNO2-3. The molecule has 1 atom stereocenters. The van der Waals surface area contributed by atoms with Gasteiger partial charge in [-0.25, -0.2) is 83.4 Å². The summed E-state index contributed by atoms with van der Waals surface area (Å²) in [5.41, 5.74) is -13.2. The van der Waals surface area contributed by atoms with Gasteiger partial charge in [-0.3, -0.25) is 4.79 Å². The summed E-state index contributed by atoms with van der Waals surface area (Å²) in [5.74, 6) is -64.9. The van der Waals surface area contributed by atoms with Gasteiger partial charge in [-0.2, -0.15) is 42.1 Å². The molecule has 0 bridgehead atoms. The van der Waals surface area contributed by atoms with Crippen molar-refractivity contribution < 1.29 is 113 Å².